The third-order valence-corrected chi connectivity index (χ3v) is 7.00. The van der Waals surface area contributed by atoms with Crippen LogP contribution in [0.2, 0.25) is 0 Å². The Morgan fingerprint density at radius 2 is 1.75 bits per heavy atom. The zero-order valence-electron chi connectivity index (χ0n) is 21.3. The zero-order valence-corrected chi connectivity index (χ0v) is 21.3. The highest BCUT2D eigenvalue weighted by Gasteiger charge is 2.24. The van der Waals surface area contributed by atoms with E-state index in [2.05, 4.69) is 25.2 Å². The summed E-state index contributed by atoms with van der Waals surface area (Å²) in [5, 5.41) is 13.6. The number of nitriles is 1. The Balaban J connectivity index is 1.81. The second-order valence-electron chi connectivity index (χ2n) is 9.69. The monoisotopic (exact) mass is 478 g/mol. The van der Waals surface area contributed by atoms with Crippen molar-refractivity contribution in [3.8, 4) is 11.8 Å². The molecule has 0 aliphatic carbocycles. The van der Waals surface area contributed by atoms with Gasteiger partial charge in [0.1, 0.15) is 17.6 Å². The lowest BCUT2D eigenvalue weighted by molar-refractivity contribution is 0.585. The summed E-state index contributed by atoms with van der Waals surface area (Å²) < 4.78 is 5.55. The van der Waals surface area contributed by atoms with Crippen molar-refractivity contribution >= 4 is 28.2 Å². The minimum absolute atomic E-state index is 0.129. The maximum atomic E-state index is 13.7. The molecular weight excluding hydrogens is 448 g/mol. The van der Waals surface area contributed by atoms with Gasteiger partial charge in [0, 0.05) is 7.05 Å². The summed E-state index contributed by atoms with van der Waals surface area (Å²) in [6.45, 7) is 8.31. The number of para-hydroxylation sites is 3. The van der Waals surface area contributed by atoms with Gasteiger partial charge in [-0.15, -0.1) is 0 Å². The van der Waals surface area contributed by atoms with Gasteiger partial charge in [-0.25, -0.2) is 9.67 Å². The first-order valence-electron chi connectivity index (χ1n) is 12.3. The predicted octanol–water partition coefficient (Wildman–Crippen LogP) is 5.80. The first-order valence-corrected chi connectivity index (χ1v) is 12.3. The van der Waals surface area contributed by atoms with Crippen LogP contribution in [0, 0.1) is 31.1 Å². The predicted molar refractivity (Wildman–Crippen MR) is 144 cm³/mol. The molecule has 7 heteroatoms. The number of fused-ring (bicyclic) bond motifs is 3. The minimum atomic E-state index is -0.129. The van der Waals surface area contributed by atoms with E-state index in [0.29, 0.717) is 22.8 Å². The molecular formula is C29H30N6O. The molecule has 5 rings (SSSR count). The number of nitrogens with one attached hydrogen (secondary N) is 1. The smallest absolute Gasteiger partial charge is 0.295 e. The molecule has 5 aromatic rings. The lowest BCUT2D eigenvalue weighted by Gasteiger charge is -2.19. The highest BCUT2D eigenvalue weighted by molar-refractivity contribution is 5.87. The normalized spacial score (nSPS) is 11.5. The number of hydrogen-bond donors (Lipinski definition) is 1. The molecule has 0 atom stereocenters. The van der Waals surface area contributed by atoms with Crippen LogP contribution in [-0.4, -0.2) is 18.7 Å². The van der Waals surface area contributed by atoms with Crippen molar-refractivity contribution < 1.29 is 0 Å². The molecule has 7 nitrogen and oxygen atoms in total. The van der Waals surface area contributed by atoms with Crippen molar-refractivity contribution in [2.24, 2.45) is 13.0 Å². The van der Waals surface area contributed by atoms with Crippen LogP contribution in [0.15, 0.2) is 59.4 Å². The highest BCUT2D eigenvalue weighted by Crippen LogP contribution is 2.34. The fraction of sp³-hybridized carbons (Fsp3) is 0.276. The van der Waals surface area contributed by atoms with Gasteiger partial charge in [0.2, 0.25) is 0 Å². The van der Waals surface area contributed by atoms with E-state index in [-0.39, 0.29) is 5.56 Å². The Hall–Kier alpha value is -4.31. The standard InChI is InChI=1S/C29H30N6O/c1-18(2)15-16-22-19(3)23(17-30)28-31-24-13-9-10-14-25(24)34(28)27(22)32-26-20(4)33(5)35(29(26)36)21-11-7-6-8-12-21/h6-14,18,32H,15-16H2,1-5H3. The SMILES string of the molecule is Cc1c(CCC(C)C)c(Nc2c(C)n(C)n(-c3ccccc3)c2=O)n2c(nc3ccccc32)c1C#N. The molecule has 0 aliphatic heterocycles. The number of imidazole rings is 1. The van der Waals surface area contributed by atoms with E-state index in [1.165, 1.54) is 0 Å². The molecule has 0 bridgehead atoms. The number of nitrogens with zero attached hydrogens (tertiary/aromatic N) is 5. The molecule has 0 fully saturated rings. The Morgan fingerprint density at radius 3 is 2.44 bits per heavy atom. The summed E-state index contributed by atoms with van der Waals surface area (Å²) in [6, 6.07) is 19.9. The molecule has 0 aliphatic rings. The summed E-state index contributed by atoms with van der Waals surface area (Å²) in [5.41, 5.74) is 6.81. The van der Waals surface area contributed by atoms with Crippen molar-refractivity contribution in [1.29, 1.82) is 5.26 Å². The van der Waals surface area contributed by atoms with Gasteiger partial charge in [-0.3, -0.25) is 13.9 Å². The van der Waals surface area contributed by atoms with Gasteiger partial charge in [-0.05, 0) is 68.0 Å². The summed E-state index contributed by atoms with van der Waals surface area (Å²) in [7, 11) is 1.89. The fourth-order valence-corrected chi connectivity index (χ4v) is 4.89. The highest BCUT2D eigenvalue weighted by atomic mass is 16.1. The van der Waals surface area contributed by atoms with Crippen molar-refractivity contribution in [3.63, 3.8) is 0 Å². The molecule has 0 unspecified atom stereocenters. The number of hydrogen-bond acceptors (Lipinski definition) is 4. The van der Waals surface area contributed by atoms with E-state index >= 15 is 0 Å². The number of anilines is 2. The third kappa shape index (κ3) is 3.66. The molecule has 0 spiro atoms. The van der Waals surface area contributed by atoms with Crippen LogP contribution in [-0.2, 0) is 13.5 Å². The first-order chi connectivity index (χ1) is 17.3. The van der Waals surface area contributed by atoms with Gasteiger partial charge in [0.25, 0.3) is 5.56 Å². The second kappa shape index (κ2) is 9.04. The largest absolute Gasteiger partial charge is 0.335 e. The van der Waals surface area contributed by atoms with E-state index in [4.69, 9.17) is 4.98 Å². The van der Waals surface area contributed by atoms with Gasteiger partial charge in [0.05, 0.1) is 28.0 Å². The van der Waals surface area contributed by atoms with Gasteiger partial charge < -0.3 is 5.32 Å². The Bertz CT molecular complexity index is 1700. The summed E-state index contributed by atoms with van der Waals surface area (Å²) >= 11 is 0. The van der Waals surface area contributed by atoms with E-state index < -0.39 is 0 Å². The molecule has 0 amide bonds. The number of rotatable bonds is 6. The fourth-order valence-electron chi connectivity index (χ4n) is 4.89. The topological polar surface area (TPSA) is 80.1 Å². The average molecular weight is 479 g/mol. The number of aromatic nitrogens is 4. The van der Waals surface area contributed by atoms with Crippen molar-refractivity contribution in [3.05, 3.63) is 87.3 Å². The van der Waals surface area contributed by atoms with Crippen LogP contribution in [0.4, 0.5) is 11.5 Å². The minimum Gasteiger partial charge on any atom is -0.335 e. The zero-order chi connectivity index (χ0) is 25.6. The summed E-state index contributed by atoms with van der Waals surface area (Å²) in [6.07, 6.45) is 1.74. The van der Waals surface area contributed by atoms with Crippen LogP contribution in [0.5, 0.6) is 0 Å². The Morgan fingerprint density at radius 1 is 1.06 bits per heavy atom. The molecule has 3 aromatic heterocycles. The maximum Gasteiger partial charge on any atom is 0.295 e. The summed E-state index contributed by atoms with van der Waals surface area (Å²) in [5.74, 6) is 1.29. The molecule has 182 valence electrons. The van der Waals surface area contributed by atoms with Crippen LogP contribution in [0.25, 0.3) is 22.4 Å². The quantitative estimate of drug-likeness (QED) is 0.335. The van der Waals surface area contributed by atoms with Crippen LogP contribution in [0.3, 0.4) is 0 Å². The average Bonchev–Trinajstić information content (AvgIpc) is 3.34. The van der Waals surface area contributed by atoms with Crippen molar-refractivity contribution in [2.45, 2.75) is 40.5 Å². The molecule has 36 heavy (non-hydrogen) atoms. The second-order valence-corrected chi connectivity index (χ2v) is 9.69. The molecule has 3 heterocycles. The van der Waals surface area contributed by atoms with Gasteiger partial charge in [0.15, 0.2) is 5.65 Å². The Kier molecular flexibility index (Phi) is 5.89. The van der Waals surface area contributed by atoms with Crippen LogP contribution in [0.1, 0.15) is 42.7 Å². The lowest BCUT2D eigenvalue weighted by Crippen LogP contribution is -2.21. The van der Waals surface area contributed by atoms with Crippen LogP contribution >= 0.6 is 0 Å². The molecule has 0 saturated heterocycles. The summed E-state index contributed by atoms with van der Waals surface area (Å²) in [4.78, 5) is 18.6. The van der Waals surface area contributed by atoms with Gasteiger partial charge in [-0.2, -0.15) is 5.26 Å². The van der Waals surface area contributed by atoms with E-state index in [1.807, 2.05) is 84.6 Å². The van der Waals surface area contributed by atoms with Crippen molar-refractivity contribution in [1.82, 2.24) is 18.7 Å². The molecule has 1 N–H and O–H groups in total. The first kappa shape index (κ1) is 23.4. The Labute approximate surface area is 210 Å². The van der Waals surface area contributed by atoms with Gasteiger partial charge >= 0.3 is 0 Å². The third-order valence-electron chi connectivity index (χ3n) is 7.00. The molecule has 0 saturated carbocycles. The number of benzene rings is 2. The lowest BCUT2D eigenvalue weighted by atomic mass is 9.96. The molecule has 0 radical (unpaired) electrons. The number of pyridine rings is 1. The van der Waals surface area contributed by atoms with Gasteiger partial charge in [-0.1, -0.05) is 44.2 Å². The van der Waals surface area contributed by atoms with E-state index in [9.17, 15) is 10.1 Å². The van der Waals surface area contributed by atoms with Crippen LogP contribution < -0.4 is 10.9 Å². The molecule has 2 aromatic carbocycles. The van der Waals surface area contributed by atoms with E-state index in [0.717, 1.165) is 52.2 Å². The van der Waals surface area contributed by atoms with Crippen molar-refractivity contribution in [2.75, 3.05) is 5.32 Å². The maximum absolute atomic E-state index is 13.7. The van der Waals surface area contributed by atoms with E-state index in [1.54, 1.807) is 4.68 Å².